The molecule has 1 saturated carbocycles. The van der Waals surface area contributed by atoms with Gasteiger partial charge in [-0.05, 0) is 37.8 Å². The van der Waals surface area contributed by atoms with E-state index < -0.39 is 5.66 Å². The van der Waals surface area contributed by atoms with Gasteiger partial charge >= 0.3 is 0 Å². The third-order valence-corrected chi connectivity index (χ3v) is 6.84. The molecule has 0 bridgehead atoms. The fourth-order valence-electron chi connectivity index (χ4n) is 5.34. The number of anilines is 1. The highest BCUT2D eigenvalue weighted by Crippen LogP contribution is 2.43. The van der Waals surface area contributed by atoms with Crippen LogP contribution in [0.5, 0.6) is 0 Å². The summed E-state index contributed by atoms with van der Waals surface area (Å²) in [7, 11) is 0. The molecule has 2 saturated heterocycles. The summed E-state index contributed by atoms with van der Waals surface area (Å²) in [5.74, 6) is 0.539. The Morgan fingerprint density at radius 3 is 2.63 bits per heavy atom. The van der Waals surface area contributed by atoms with Gasteiger partial charge in [0, 0.05) is 31.1 Å². The molecule has 27 heavy (non-hydrogen) atoms. The van der Waals surface area contributed by atoms with E-state index in [9.17, 15) is 9.59 Å². The average Bonchev–Trinajstić information content (AvgIpc) is 3.31. The molecule has 2 amide bonds. The van der Waals surface area contributed by atoms with Gasteiger partial charge in [0.1, 0.15) is 5.66 Å². The maximum atomic E-state index is 12.7. The number of likely N-dealkylation sites (tertiary alicyclic amines) is 1. The summed E-state index contributed by atoms with van der Waals surface area (Å²) in [6, 6.07) is 7.60. The zero-order valence-electron chi connectivity index (χ0n) is 15.6. The maximum Gasteiger partial charge on any atom is 0.255 e. The van der Waals surface area contributed by atoms with Crippen LogP contribution in [0.1, 0.15) is 55.3 Å². The van der Waals surface area contributed by atoms with Gasteiger partial charge in [-0.3, -0.25) is 9.59 Å². The zero-order chi connectivity index (χ0) is 18.5. The molecule has 1 aliphatic carbocycles. The number of carbonyl (C=O) groups is 2. The summed E-state index contributed by atoms with van der Waals surface area (Å²) in [6.45, 7) is 1.98. The number of benzene rings is 1. The van der Waals surface area contributed by atoms with E-state index in [1.807, 2.05) is 29.2 Å². The molecule has 0 aromatic heterocycles. The first kappa shape index (κ1) is 17.0. The highest BCUT2D eigenvalue weighted by Gasteiger charge is 2.53. The van der Waals surface area contributed by atoms with Crippen molar-refractivity contribution in [1.82, 2.24) is 10.2 Å². The Kier molecular flexibility index (Phi) is 3.93. The molecular formula is C21H27N3O3. The molecule has 0 unspecified atom stereocenters. The summed E-state index contributed by atoms with van der Waals surface area (Å²) >= 11 is 0. The Morgan fingerprint density at radius 2 is 1.85 bits per heavy atom. The quantitative estimate of drug-likeness (QED) is 0.798. The monoisotopic (exact) mass is 369 g/mol. The molecule has 2 spiro atoms. The Bertz CT molecular complexity index is 766. The molecular weight excluding hydrogens is 342 g/mol. The van der Waals surface area contributed by atoms with E-state index in [1.165, 1.54) is 12.8 Å². The van der Waals surface area contributed by atoms with Gasteiger partial charge in [0.2, 0.25) is 5.91 Å². The highest BCUT2D eigenvalue weighted by atomic mass is 16.5. The number of carbonyl (C=O) groups excluding carboxylic acids is 2. The fourth-order valence-corrected chi connectivity index (χ4v) is 5.34. The first-order valence-electron chi connectivity index (χ1n) is 10.2. The van der Waals surface area contributed by atoms with Crippen LogP contribution in [0.4, 0.5) is 5.69 Å². The summed E-state index contributed by atoms with van der Waals surface area (Å²) in [5, 5.41) is 6.66. The molecule has 1 aromatic rings. The number of amides is 2. The number of fused-ring (bicyclic) bond motifs is 1. The molecule has 1 aromatic carbocycles. The van der Waals surface area contributed by atoms with Crippen molar-refractivity contribution in [3.05, 3.63) is 29.8 Å². The van der Waals surface area contributed by atoms with E-state index in [4.69, 9.17) is 4.74 Å². The highest BCUT2D eigenvalue weighted by molar-refractivity contribution is 6.02. The van der Waals surface area contributed by atoms with Crippen LogP contribution in [0.15, 0.2) is 24.3 Å². The molecule has 2 N–H and O–H groups in total. The molecule has 3 fully saturated rings. The van der Waals surface area contributed by atoms with Crippen molar-refractivity contribution < 1.29 is 14.3 Å². The molecule has 5 rings (SSSR count). The number of nitrogens with one attached hydrogen (secondary N) is 2. The lowest BCUT2D eigenvalue weighted by Crippen LogP contribution is -2.59. The third-order valence-electron chi connectivity index (χ3n) is 6.84. The molecule has 1 atom stereocenters. The van der Waals surface area contributed by atoms with Gasteiger partial charge in [0.05, 0.1) is 17.8 Å². The predicted octanol–water partition coefficient (Wildman–Crippen LogP) is 2.51. The number of hydrogen-bond acceptors (Lipinski definition) is 4. The first-order valence-corrected chi connectivity index (χ1v) is 10.2. The van der Waals surface area contributed by atoms with Crippen LogP contribution in [0, 0.1) is 5.92 Å². The molecule has 4 aliphatic rings. The molecule has 6 heteroatoms. The van der Waals surface area contributed by atoms with Crippen molar-refractivity contribution in [3.63, 3.8) is 0 Å². The van der Waals surface area contributed by atoms with Crippen LogP contribution >= 0.6 is 0 Å². The van der Waals surface area contributed by atoms with Gasteiger partial charge in [-0.2, -0.15) is 0 Å². The Hall–Kier alpha value is -2.08. The van der Waals surface area contributed by atoms with Gasteiger partial charge < -0.3 is 20.3 Å². The molecule has 3 heterocycles. The van der Waals surface area contributed by atoms with Gasteiger partial charge in [0.25, 0.3) is 5.91 Å². The van der Waals surface area contributed by atoms with Crippen LogP contribution in [-0.4, -0.2) is 47.7 Å². The minimum atomic E-state index is -0.539. The van der Waals surface area contributed by atoms with Crippen molar-refractivity contribution in [3.8, 4) is 0 Å². The lowest BCUT2D eigenvalue weighted by atomic mass is 9.84. The molecule has 0 radical (unpaired) electrons. The van der Waals surface area contributed by atoms with Crippen LogP contribution < -0.4 is 10.6 Å². The van der Waals surface area contributed by atoms with Gasteiger partial charge in [-0.15, -0.1) is 0 Å². The number of nitrogens with zero attached hydrogens (tertiary/aromatic N) is 1. The number of piperidine rings is 1. The zero-order valence-corrected chi connectivity index (χ0v) is 15.6. The van der Waals surface area contributed by atoms with Gasteiger partial charge in [0.15, 0.2) is 0 Å². The second kappa shape index (κ2) is 6.23. The van der Waals surface area contributed by atoms with Crippen molar-refractivity contribution in [2.75, 3.05) is 25.0 Å². The average molecular weight is 369 g/mol. The lowest BCUT2D eigenvalue weighted by Gasteiger charge is -2.41. The summed E-state index contributed by atoms with van der Waals surface area (Å²) in [5.41, 5.74) is 0.763. The largest absolute Gasteiger partial charge is 0.370 e. The number of hydrogen-bond donors (Lipinski definition) is 2. The van der Waals surface area contributed by atoms with E-state index >= 15 is 0 Å². The van der Waals surface area contributed by atoms with E-state index in [2.05, 4.69) is 10.6 Å². The van der Waals surface area contributed by atoms with Gasteiger partial charge in [-0.1, -0.05) is 25.0 Å². The maximum absolute atomic E-state index is 12.7. The number of para-hydroxylation sites is 1. The van der Waals surface area contributed by atoms with E-state index in [-0.39, 0.29) is 17.4 Å². The van der Waals surface area contributed by atoms with Crippen LogP contribution in [0.25, 0.3) is 0 Å². The number of rotatable bonds is 1. The van der Waals surface area contributed by atoms with E-state index in [0.717, 1.165) is 50.9 Å². The Balaban J connectivity index is 1.26. The van der Waals surface area contributed by atoms with Gasteiger partial charge in [-0.25, -0.2) is 0 Å². The fraction of sp³-hybridized carbons (Fsp3) is 0.619. The third kappa shape index (κ3) is 2.90. The van der Waals surface area contributed by atoms with E-state index in [1.54, 1.807) is 0 Å². The first-order chi connectivity index (χ1) is 13.1. The summed E-state index contributed by atoms with van der Waals surface area (Å²) in [6.07, 6.45) is 6.90. The van der Waals surface area contributed by atoms with Crippen LogP contribution in [-0.2, 0) is 9.53 Å². The van der Waals surface area contributed by atoms with Crippen molar-refractivity contribution in [2.45, 2.75) is 56.2 Å². The van der Waals surface area contributed by atoms with Crippen molar-refractivity contribution in [1.29, 1.82) is 0 Å². The minimum absolute atomic E-state index is 0.0427. The molecule has 3 aliphatic heterocycles. The smallest absolute Gasteiger partial charge is 0.255 e. The van der Waals surface area contributed by atoms with Crippen LogP contribution in [0.3, 0.4) is 0 Å². The minimum Gasteiger partial charge on any atom is -0.370 e. The second-order valence-corrected chi connectivity index (χ2v) is 8.66. The topological polar surface area (TPSA) is 70.7 Å². The van der Waals surface area contributed by atoms with Crippen molar-refractivity contribution in [2.24, 2.45) is 5.92 Å². The Labute approximate surface area is 159 Å². The summed E-state index contributed by atoms with van der Waals surface area (Å²) < 4.78 is 6.28. The van der Waals surface area contributed by atoms with Crippen molar-refractivity contribution >= 4 is 17.5 Å². The normalized spacial score (nSPS) is 29.6. The van der Waals surface area contributed by atoms with Crippen LogP contribution in [0.2, 0.25) is 0 Å². The lowest BCUT2D eigenvalue weighted by molar-refractivity contribution is -0.140. The second-order valence-electron chi connectivity index (χ2n) is 8.66. The SMILES string of the molecule is O=C1N[C@]2(COC3(CCN(C(=O)C4CCCC4)CC3)C2)Nc2ccccc21. The number of ether oxygens (including phenoxy) is 1. The predicted molar refractivity (Wildman–Crippen MR) is 101 cm³/mol. The van der Waals surface area contributed by atoms with E-state index in [0.29, 0.717) is 18.1 Å². The Morgan fingerprint density at radius 1 is 1.11 bits per heavy atom. The molecule has 144 valence electrons. The summed E-state index contributed by atoms with van der Waals surface area (Å²) in [4.78, 5) is 27.3. The molecule has 6 nitrogen and oxygen atoms in total. The standard InChI is InChI=1S/C21H27N3O3/c25-18-16-7-3-4-8-17(16)22-21(23-18)13-20(27-14-21)9-11-24(12-10-20)19(26)15-5-1-2-6-15/h3-4,7-8,15,22H,1-2,5-6,9-14H2,(H,23,25)/t21-/m1/s1.